The molecule has 0 aromatic carbocycles. The molecule has 2 amide bonds. The summed E-state index contributed by atoms with van der Waals surface area (Å²) >= 11 is 0. The number of carbonyl (C=O) groups excluding carboxylic acids is 2. The summed E-state index contributed by atoms with van der Waals surface area (Å²) in [6, 6.07) is 5.53. The van der Waals surface area contributed by atoms with Crippen LogP contribution in [0.3, 0.4) is 0 Å². The highest BCUT2D eigenvalue weighted by Crippen LogP contribution is 2.19. The molecule has 24 heavy (non-hydrogen) atoms. The molecule has 1 atom stereocenters. The van der Waals surface area contributed by atoms with Crippen LogP contribution in [0.4, 0.5) is 5.69 Å². The number of likely N-dealkylation sites (tertiary alicyclic amines) is 1. The predicted molar refractivity (Wildman–Crippen MR) is 89.5 cm³/mol. The van der Waals surface area contributed by atoms with Gasteiger partial charge < -0.3 is 10.2 Å². The molecule has 3 rings (SSSR count). The normalized spacial score (nSPS) is 17.3. The molecule has 7 heteroatoms. The fourth-order valence-electron chi connectivity index (χ4n) is 2.77. The lowest BCUT2D eigenvalue weighted by atomic mass is 9.97. The molecule has 0 saturated carbocycles. The molecule has 0 bridgehead atoms. The number of piperidine rings is 1. The average Bonchev–Trinajstić information content (AvgIpc) is 3.10. The average molecular weight is 325 g/mol. The van der Waals surface area contributed by atoms with Crippen molar-refractivity contribution in [3.8, 4) is 5.82 Å². The van der Waals surface area contributed by atoms with E-state index in [2.05, 4.69) is 22.0 Å². The zero-order chi connectivity index (χ0) is 16.9. The second-order valence-electron chi connectivity index (χ2n) is 5.68. The van der Waals surface area contributed by atoms with E-state index in [0.29, 0.717) is 24.6 Å². The number of hydrogen-bond donors (Lipinski definition) is 1. The van der Waals surface area contributed by atoms with Crippen molar-refractivity contribution in [1.29, 1.82) is 0 Å². The number of anilines is 1. The largest absolute Gasteiger partial charge is 0.338 e. The summed E-state index contributed by atoms with van der Waals surface area (Å²) in [6.45, 7) is 4.59. The Bertz CT molecular complexity index is 740. The van der Waals surface area contributed by atoms with Gasteiger partial charge in [-0.1, -0.05) is 12.6 Å². The molecule has 0 aliphatic carbocycles. The number of hydrogen-bond acceptors (Lipinski definition) is 4. The van der Waals surface area contributed by atoms with Crippen molar-refractivity contribution >= 4 is 17.5 Å². The van der Waals surface area contributed by atoms with Gasteiger partial charge in [-0.25, -0.2) is 9.67 Å². The Kier molecular flexibility index (Phi) is 4.69. The number of aromatic nitrogens is 3. The number of amides is 2. The van der Waals surface area contributed by atoms with Gasteiger partial charge in [-0.3, -0.25) is 9.59 Å². The highest BCUT2D eigenvalue weighted by atomic mass is 16.2. The Balaban J connectivity index is 1.64. The van der Waals surface area contributed by atoms with Crippen molar-refractivity contribution in [1.82, 2.24) is 19.7 Å². The van der Waals surface area contributed by atoms with E-state index in [1.807, 2.05) is 18.2 Å². The van der Waals surface area contributed by atoms with Gasteiger partial charge >= 0.3 is 0 Å². The van der Waals surface area contributed by atoms with Gasteiger partial charge in [-0.05, 0) is 31.1 Å². The molecular formula is C17H19N5O2. The Morgan fingerprint density at radius 3 is 3.00 bits per heavy atom. The summed E-state index contributed by atoms with van der Waals surface area (Å²) in [7, 11) is 0. The van der Waals surface area contributed by atoms with Crippen LogP contribution in [0.1, 0.15) is 12.8 Å². The maximum absolute atomic E-state index is 12.4. The summed E-state index contributed by atoms with van der Waals surface area (Å²) in [5.74, 6) is 0.229. The van der Waals surface area contributed by atoms with Gasteiger partial charge in [0.1, 0.15) is 0 Å². The lowest BCUT2D eigenvalue weighted by Gasteiger charge is -2.31. The lowest BCUT2D eigenvalue weighted by Crippen LogP contribution is -2.43. The van der Waals surface area contributed by atoms with Crippen molar-refractivity contribution in [2.24, 2.45) is 5.92 Å². The van der Waals surface area contributed by atoms with Crippen LogP contribution >= 0.6 is 0 Å². The van der Waals surface area contributed by atoms with E-state index in [1.54, 1.807) is 28.2 Å². The lowest BCUT2D eigenvalue weighted by molar-refractivity contribution is -0.130. The van der Waals surface area contributed by atoms with E-state index in [1.165, 1.54) is 6.08 Å². The first kappa shape index (κ1) is 15.9. The van der Waals surface area contributed by atoms with Gasteiger partial charge in [0.25, 0.3) is 0 Å². The standard InChI is InChI=1S/C17H19N5O2/c1-2-16(23)21-9-5-6-13(11-21)17(24)20-14-10-19-22(12-14)15-7-3-4-8-18-15/h2-4,7-8,10,12-13H,1,5-6,9,11H2,(H,20,24)/t13-/m1/s1. The second-order valence-corrected chi connectivity index (χ2v) is 5.68. The number of nitrogens with zero attached hydrogens (tertiary/aromatic N) is 4. The van der Waals surface area contributed by atoms with Gasteiger partial charge in [-0.2, -0.15) is 5.10 Å². The van der Waals surface area contributed by atoms with Crippen molar-refractivity contribution in [3.05, 3.63) is 49.4 Å². The first-order chi connectivity index (χ1) is 11.7. The third-order valence-corrected chi connectivity index (χ3v) is 4.01. The maximum Gasteiger partial charge on any atom is 0.245 e. The molecule has 1 saturated heterocycles. The minimum Gasteiger partial charge on any atom is -0.338 e. The molecule has 7 nitrogen and oxygen atoms in total. The smallest absolute Gasteiger partial charge is 0.245 e. The summed E-state index contributed by atoms with van der Waals surface area (Å²) in [5, 5.41) is 7.07. The highest BCUT2D eigenvalue weighted by molar-refractivity contribution is 5.93. The van der Waals surface area contributed by atoms with Crippen LogP contribution in [-0.4, -0.2) is 44.6 Å². The summed E-state index contributed by atoms with van der Waals surface area (Å²) in [5.41, 5.74) is 0.609. The van der Waals surface area contributed by atoms with Crippen LogP contribution in [0.5, 0.6) is 0 Å². The quantitative estimate of drug-likeness (QED) is 0.867. The molecule has 2 aromatic heterocycles. The van der Waals surface area contributed by atoms with Gasteiger partial charge in [0, 0.05) is 19.3 Å². The molecule has 124 valence electrons. The second kappa shape index (κ2) is 7.08. The molecule has 1 N–H and O–H groups in total. The zero-order valence-electron chi connectivity index (χ0n) is 13.3. The highest BCUT2D eigenvalue weighted by Gasteiger charge is 2.27. The van der Waals surface area contributed by atoms with E-state index in [4.69, 9.17) is 0 Å². The zero-order valence-corrected chi connectivity index (χ0v) is 13.3. The van der Waals surface area contributed by atoms with Gasteiger partial charge in [0.15, 0.2) is 5.82 Å². The van der Waals surface area contributed by atoms with Gasteiger partial charge in [0.05, 0.1) is 24.0 Å². The molecule has 3 heterocycles. The van der Waals surface area contributed by atoms with Gasteiger partial charge in [0.2, 0.25) is 11.8 Å². The van der Waals surface area contributed by atoms with Crippen molar-refractivity contribution in [2.45, 2.75) is 12.8 Å². The molecular weight excluding hydrogens is 306 g/mol. The minimum absolute atomic E-state index is 0.0999. The number of nitrogens with one attached hydrogen (secondary N) is 1. The van der Waals surface area contributed by atoms with Crippen molar-refractivity contribution < 1.29 is 9.59 Å². The number of pyridine rings is 1. The van der Waals surface area contributed by atoms with E-state index in [0.717, 1.165) is 12.8 Å². The SMILES string of the molecule is C=CC(=O)N1CCC[C@@H](C(=O)Nc2cnn(-c3ccccn3)c2)C1. The third kappa shape index (κ3) is 3.51. The first-order valence-corrected chi connectivity index (χ1v) is 7.85. The summed E-state index contributed by atoms with van der Waals surface area (Å²) in [6.07, 6.45) is 7.85. The van der Waals surface area contributed by atoms with Crippen LogP contribution in [0.15, 0.2) is 49.4 Å². The Morgan fingerprint density at radius 2 is 2.25 bits per heavy atom. The molecule has 2 aromatic rings. The van der Waals surface area contributed by atoms with E-state index >= 15 is 0 Å². The van der Waals surface area contributed by atoms with Crippen LogP contribution < -0.4 is 5.32 Å². The maximum atomic E-state index is 12.4. The van der Waals surface area contributed by atoms with Crippen LogP contribution in [0.2, 0.25) is 0 Å². The van der Waals surface area contributed by atoms with E-state index < -0.39 is 0 Å². The fraction of sp³-hybridized carbons (Fsp3) is 0.294. The number of rotatable bonds is 4. The summed E-state index contributed by atoms with van der Waals surface area (Å²) < 4.78 is 1.60. The predicted octanol–water partition coefficient (Wildman–Crippen LogP) is 1.63. The van der Waals surface area contributed by atoms with Crippen molar-refractivity contribution in [3.63, 3.8) is 0 Å². The topological polar surface area (TPSA) is 80.1 Å². The molecule has 1 aliphatic rings. The van der Waals surface area contributed by atoms with Gasteiger partial charge in [-0.15, -0.1) is 0 Å². The first-order valence-electron chi connectivity index (χ1n) is 7.85. The molecule has 0 unspecified atom stereocenters. The minimum atomic E-state index is -0.221. The Hall–Kier alpha value is -2.96. The molecule has 1 aliphatic heterocycles. The Labute approximate surface area is 140 Å². The molecule has 0 radical (unpaired) electrons. The third-order valence-electron chi connectivity index (χ3n) is 4.01. The van der Waals surface area contributed by atoms with E-state index in [-0.39, 0.29) is 17.7 Å². The van der Waals surface area contributed by atoms with Crippen molar-refractivity contribution in [2.75, 3.05) is 18.4 Å². The Morgan fingerprint density at radius 1 is 1.38 bits per heavy atom. The fourth-order valence-corrected chi connectivity index (χ4v) is 2.77. The summed E-state index contributed by atoms with van der Waals surface area (Å²) in [4.78, 5) is 30.0. The van der Waals surface area contributed by atoms with Crippen LogP contribution in [-0.2, 0) is 9.59 Å². The van der Waals surface area contributed by atoms with Crippen LogP contribution in [0, 0.1) is 5.92 Å². The monoisotopic (exact) mass is 325 g/mol. The molecule has 1 fully saturated rings. The number of carbonyl (C=O) groups is 2. The van der Waals surface area contributed by atoms with Crippen LogP contribution in [0.25, 0.3) is 5.82 Å². The van der Waals surface area contributed by atoms with E-state index in [9.17, 15) is 9.59 Å². The molecule has 0 spiro atoms.